The van der Waals surface area contributed by atoms with Gasteiger partial charge in [-0.05, 0) is 83.5 Å². The van der Waals surface area contributed by atoms with Crippen molar-refractivity contribution in [3.05, 3.63) is 48.6 Å². The lowest BCUT2D eigenvalue weighted by molar-refractivity contribution is -0.143. The molecule has 0 heterocycles. The van der Waals surface area contributed by atoms with Crippen molar-refractivity contribution in [3.8, 4) is 0 Å². The lowest BCUT2D eigenvalue weighted by atomic mass is 10.0. The molecule has 0 aliphatic carbocycles. The van der Waals surface area contributed by atoms with Gasteiger partial charge in [-0.2, -0.15) is 0 Å². The number of amides is 1. The van der Waals surface area contributed by atoms with Crippen molar-refractivity contribution in [2.75, 3.05) is 13.2 Å². The molecule has 0 saturated carbocycles. The summed E-state index contributed by atoms with van der Waals surface area (Å²) in [5.41, 5.74) is 0. The number of hydrogen-bond acceptors (Lipinski definition) is 5. The summed E-state index contributed by atoms with van der Waals surface area (Å²) in [4.78, 5) is 24.4. The van der Waals surface area contributed by atoms with Gasteiger partial charge in [0.1, 0.15) is 0 Å². The van der Waals surface area contributed by atoms with Crippen LogP contribution in [0.25, 0.3) is 0 Å². The molecule has 0 bridgehead atoms. The number of ether oxygens (including phenoxy) is 1. The average molecular weight is 927 g/mol. The number of carbonyl (C=O) groups excluding carboxylic acids is 2. The van der Waals surface area contributed by atoms with Crippen molar-refractivity contribution in [1.29, 1.82) is 0 Å². The van der Waals surface area contributed by atoms with E-state index in [9.17, 15) is 19.8 Å². The maximum Gasteiger partial charge on any atom is 0.305 e. The van der Waals surface area contributed by atoms with E-state index in [2.05, 4.69) is 55.6 Å². The van der Waals surface area contributed by atoms with E-state index in [-0.39, 0.29) is 18.5 Å². The summed E-state index contributed by atoms with van der Waals surface area (Å²) in [5, 5.41) is 23.2. The lowest BCUT2D eigenvalue weighted by Crippen LogP contribution is -2.45. The van der Waals surface area contributed by atoms with Crippen LogP contribution in [0.4, 0.5) is 0 Å². The molecule has 386 valence electrons. The molecule has 6 heteroatoms. The van der Waals surface area contributed by atoms with Gasteiger partial charge in [0.25, 0.3) is 0 Å². The quantitative estimate of drug-likeness (QED) is 0.0244. The summed E-state index contributed by atoms with van der Waals surface area (Å²) in [6.45, 7) is 4.83. The predicted octanol–water partition coefficient (Wildman–Crippen LogP) is 17.8. The number of carbonyl (C=O) groups is 2. The molecule has 66 heavy (non-hydrogen) atoms. The molecule has 0 radical (unpaired) electrons. The van der Waals surface area contributed by atoms with Crippen LogP contribution in [-0.2, 0) is 14.3 Å². The third kappa shape index (κ3) is 51.2. The summed E-state index contributed by atoms with van der Waals surface area (Å²) in [6, 6.07) is -0.637. The molecule has 3 N–H and O–H groups in total. The third-order valence-corrected chi connectivity index (χ3v) is 13.1. The SMILES string of the molecule is CCCC/C=C\CCCCCCCC(=O)OCCCCC/C=C\C=C/CCCCCCCCCCCCC(=O)NC(CO)C(O)/C=C/CCCCCCCCCCCCCCCCCCC. The Labute approximate surface area is 410 Å². The van der Waals surface area contributed by atoms with Gasteiger partial charge in [-0.3, -0.25) is 9.59 Å². The minimum Gasteiger partial charge on any atom is -0.466 e. The van der Waals surface area contributed by atoms with Crippen LogP contribution >= 0.6 is 0 Å². The van der Waals surface area contributed by atoms with Crippen LogP contribution in [0.2, 0.25) is 0 Å². The van der Waals surface area contributed by atoms with Crippen molar-refractivity contribution in [2.45, 2.75) is 309 Å². The summed E-state index contributed by atoms with van der Waals surface area (Å²) in [6.07, 6.45) is 69.9. The zero-order valence-electron chi connectivity index (χ0n) is 43.9. The number of unbranched alkanes of at least 4 members (excludes halogenated alkanes) is 37. The lowest BCUT2D eigenvalue weighted by Gasteiger charge is -2.20. The van der Waals surface area contributed by atoms with Crippen molar-refractivity contribution in [2.24, 2.45) is 0 Å². The Bertz CT molecular complexity index is 1110. The topological polar surface area (TPSA) is 95.9 Å². The standard InChI is InChI=1S/C60H111NO5/c1-3-5-7-9-11-13-15-16-17-18-20-23-26-29-33-36-40-44-48-52-58(63)57(56-62)61-59(64)53-49-45-41-37-34-30-27-24-21-19-22-25-28-31-35-39-43-47-51-55-66-60(65)54-50-46-42-38-32-14-12-10-8-6-4-2/h10,12,25,28,31,35,48,52,57-58,62-63H,3-9,11,13-24,26-27,29-30,32-34,36-47,49-51,53-56H2,1-2H3,(H,61,64)/b12-10-,28-25-,35-31-,52-48+. The highest BCUT2D eigenvalue weighted by molar-refractivity contribution is 5.76. The summed E-state index contributed by atoms with van der Waals surface area (Å²) < 4.78 is 5.42. The molecule has 0 aromatic heterocycles. The van der Waals surface area contributed by atoms with E-state index < -0.39 is 12.1 Å². The summed E-state index contributed by atoms with van der Waals surface area (Å²) in [7, 11) is 0. The van der Waals surface area contributed by atoms with E-state index in [1.54, 1.807) is 6.08 Å². The molecule has 6 nitrogen and oxygen atoms in total. The fraction of sp³-hybridized carbons (Fsp3) is 0.833. The molecule has 0 saturated heterocycles. The van der Waals surface area contributed by atoms with Gasteiger partial charge < -0.3 is 20.3 Å². The Balaban J connectivity index is 3.53. The number of hydrogen-bond donors (Lipinski definition) is 3. The molecular formula is C60H111NO5. The van der Waals surface area contributed by atoms with E-state index in [0.29, 0.717) is 19.4 Å². The zero-order valence-corrected chi connectivity index (χ0v) is 43.9. The highest BCUT2D eigenvalue weighted by Crippen LogP contribution is 2.16. The molecule has 0 spiro atoms. The Kier molecular flexibility index (Phi) is 53.6. The monoisotopic (exact) mass is 926 g/mol. The molecule has 0 aromatic carbocycles. The Morgan fingerprint density at radius 2 is 0.773 bits per heavy atom. The van der Waals surface area contributed by atoms with Crippen LogP contribution in [0.15, 0.2) is 48.6 Å². The molecule has 1 amide bonds. The number of esters is 1. The fourth-order valence-corrected chi connectivity index (χ4v) is 8.61. The first-order chi connectivity index (χ1) is 32.5. The molecule has 2 atom stereocenters. The van der Waals surface area contributed by atoms with E-state index in [4.69, 9.17) is 4.74 Å². The molecule has 2 unspecified atom stereocenters. The van der Waals surface area contributed by atoms with Crippen LogP contribution in [-0.4, -0.2) is 47.4 Å². The van der Waals surface area contributed by atoms with Gasteiger partial charge in [0.15, 0.2) is 0 Å². The second-order valence-corrected chi connectivity index (χ2v) is 19.6. The highest BCUT2D eigenvalue weighted by atomic mass is 16.5. The van der Waals surface area contributed by atoms with E-state index >= 15 is 0 Å². The predicted molar refractivity (Wildman–Crippen MR) is 287 cm³/mol. The van der Waals surface area contributed by atoms with Gasteiger partial charge in [-0.25, -0.2) is 0 Å². The fourth-order valence-electron chi connectivity index (χ4n) is 8.61. The first-order valence-electron chi connectivity index (χ1n) is 28.9. The summed E-state index contributed by atoms with van der Waals surface area (Å²) in [5.74, 6) is -0.103. The van der Waals surface area contributed by atoms with Gasteiger partial charge in [-0.1, -0.05) is 249 Å². The van der Waals surface area contributed by atoms with E-state index in [1.807, 2.05) is 6.08 Å². The Morgan fingerprint density at radius 3 is 1.21 bits per heavy atom. The maximum absolute atomic E-state index is 12.5. The first-order valence-corrected chi connectivity index (χ1v) is 28.9. The minimum absolute atomic E-state index is 0.0257. The van der Waals surface area contributed by atoms with Crippen LogP contribution < -0.4 is 5.32 Å². The van der Waals surface area contributed by atoms with Gasteiger partial charge in [0.2, 0.25) is 5.91 Å². The van der Waals surface area contributed by atoms with Crippen molar-refractivity contribution in [3.63, 3.8) is 0 Å². The number of nitrogens with one attached hydrogen (secondary N) is 1. The van der Waals surface area contributed by atoms with Crippen LogP contribution in [0.3, 0.4) is 0 Å². The van der Waals surface area contributed by atoms with E-state index in [1.165, 1.54) is 193 Å². The molecule has 0 aliphatic heterocycles. The largest absolute Gasteiger partial charge is 0.466 e. The van der Waals surface area contributed by atoms with E-state index in [0.717, 1.165) is 77.0 Å². The molecule has 0 rings (SSSR count). The second-order valence-electron chi connectivity index (χ2n) is 19.6. The number of rotatable bonds is 53. The van der Waals surface area contributed by atoms with Gasteiger partial charge in [0.05, 0.1) is 25.4 Å². The maximum atomic E-state index is 12.5. The highest BCUT2D eigenvalue weighted by Gasteiger charge is 2.18. The third-order valence-electron chi connectivity index (χ3n) is 13.1. The Hall–Kier alpha value is -2.18. The van der Waals surface area contributed by atoms with Gasteiger partial charge in [0, 0.05) is 12.8 Å². The van der Waals surface area contributed by atoms with Crippen LogP contribution in [0.5, 0.6) is 0 Å². The smallest absolute Gasteiger partial charge is 0.305 e. The molecule has 0 aromatic rings. The number of aliphatic hydroxyl groups is 2. The first kappa shape index (κ1) is 63.8. The van der Waals surface area contributed by atoms with Gasteiger partial charge in [-0.15, -0.1) is 0 Å². The Morgan fingerprint density at radius 1 is 0.424 bits per heavy atom. The average Bonchev–Trinajstić information content (AvgIpc) is 3.32. The normalized spacial score (nSPS) is 13.0. The van der Waals surface area contributed by atoms with Gasteiger partial charge >= 0.3 is 5.97 Å². The van der Waals surface area contributed by atoms with Crippen molar-refractivity contribution >= 4 is 11.9 Å². The number of allylic oxidation sites excluding steroid dienone is 7. The summed E-state index contributed by atoms with van der Waals surface area (Å²) >= 11 is 0. The number of aliphatic hydroxyl groups excluding tert-OH is 2. The van der Waals surface area contributed by atoms with Crippen molar-refractivity contribution in [1.82, 2.24) is 5.32 Å². The van der Waals surface area contributed by atoms with Crippen LogP contribution in [0.1, 0.15) is 296 Å². The second kappa shape index (κ2) is 55.4. The zero-order chi connectivity index (χ0) is 47.9. The van der Waals surface area contributed by atoms with Crippen LogP contribution in [0, 0.1) is 0 Å². The molecule has 0 fully saturated rings. The molecule has 0 aliphatic rings. The molecular weight excluding hydrogens is 815 g/mol. The van der Waals surface area contributed by atoms with Crippen molar-refractivity contribution < 1.29 is 24.5 Å². The minimum atomic E-state index is -0.853.